The summed E-state index contributed by atoms with van der Waals surface area (Å²) in [7, 11) is 0. The van der Waals surface area contributed by atoms with Gasteiger partial charge in [0.2, 0.25) is 0 Å². The number of nitrogens with two attached hydrogens (primary N) is 1. The highest BCUT2D eigenvalue weighted by atomic mass is 14.9. The quantitative estimate of drug-likeness (QED) is 0.826. The predicted molar refractivity (Wildman–Crippen MR) is 85.8 cm³/mol. The minimum absolute atomic E-state index is 0.767. The molecule has 106 valence electrons. The van der Waals surface area contributed by atoms with Gasteiger partial charge in [-0.25, -0.2) is 0 Å². The van der Waals surface area contributed by atoms with Crippen molar-refractivity contribution in [3.63, 3.8) is 0 Å². The van der Waals surface area contributed by atoms with Crippen molar-refractivity contribution in [3.8, 4) is 0 Å². The smallest absolute Gasteiger partial charge is 0.0743 e. The van der Waals surface area contributed by atoms with Crippen LogP contribution in [-0.4, -0.2) is 11.5 Å². The molecule has 1 aliphatic carbocycles. The standard InChI is InChI=1S/C17H23N3/c1-12-4-2-3-5-13(12)11-20-16-8-9-19-17-10-14(18)6-7-15(16)17/h6-10,12-13H,2-5,11,18H2,1H3,(H,19,20). The summed E-state index contributed by atoms with van der Waals surface area (Å²) in [6.45, 7) is 3.45. The highest BCUT2D eigenvalue weighted by Crippen LogP contribution is 2.30. The van der Waals surface area contributed by atoms with Crippen LogP contribution in [0.15, 0.2) is 30.5 Å². The molecule has 0 bridgehead atoms. The van der Waals surface area contributed by atoms with E-state index in [-0.39, 0.29) is 0 Å². The van der Waals surface area contributed by atoms with E-state index in [2.05, 4.69) is 29.4 Å². The van der Waals surface area contributed by atoms with Crippen molar-refractivity contribution in [2.45, 2.75) is 32.6 Å². The lowest BCUT2D eigenvalue weighted by Gasteiger charge is -2.29. The molecule has 2 aromatic rings. The van der Waals surface area contributed by atoms with E-state index >= 15 is 0 Å². The summed E-state index contributed by atoms with van der Waals surface area (Å²) in [4.78, 5) is 4.39. The largest absolute Gasteiger partial charge is 0.399 e. The third kappa shape index (κ3) is 2.72. The fourth-order valence-electron chi connectivity index (χ4n) is 3.26. The monoisotopic (exact) mass is 269 g/mol. The summed E-state index contributed by atoms with van der Waals surface area (Å²) in [5.74, 6) is 1.63. The number of pyridine rings is 1. The molecule has 0 amide bonds. The highest BCUT2D eigenvalue weighted by Gasteiger charge is 2.20. The van der Waals surface area contributed by atoms with Gasteiger partial charge in [0.05, 0.1) is 5.52 Å². The Morgan fingerprint density at radius 3 is 2.95 bits per heavy atom. The number of anilines is 2. The van der Waals surface area contributed by atoms with E-state index in [1.165, 1.54) is 31.4 Å². The molecule has 1 aliphatic rings. The summed E-state index contributed by atoms with van der Waals surface area (Å²) >= 11 is 0. The van der Waals surface area contributed by atoms with Gasteiger partial charge in [-0.15, -0.1) is 0 Å². The van der Waals surface area contributed by atoms with Crippen LogP contribution < -0.4 is 11.1 Å². The maximum absolute atomic E-state index is 5.82. The molecular weight excluding hydrogens is 246 g/mol. The molecule has 1 heterocycles. The van der Waals surface area contributed by atoms with E-state index in [0.29, 0.717) is 0 Å². The second-order valence-electron chi connectivity index (χ2n) is 6.04. The Morgan fingerprint density at radius 1 is 1.25 bits per heavy atom. The molecule has 3 N–H and O–H groups in total. The van der Waals surface area contributed by atoms with E-state index in [9.17, 15) is 0 Å². The van der Waals surface area contributed by atoms with Gasteiger partial charge in [-0.3, -0.25) is 4.98 Å². The topological polar surface area (TPSA) is 50.9 Å². The van der Waals surface area contributed by atoms with Gasteiger partial charge in [0.1, 0.15) is 0 Å². The van der Waals surface area contributed by atoms with Crippen LogP contribution in [0.1, 0.15) is 32.6 Å². The maximum Gasteiger partial charge on any atom is 0.0743 e. The number of nitrogens with one attached hydrogen (secondary N) is 1. The van der Waals surface area contributed by atoms with Gasteiger partial charge in [-0.2, -0.15) is 0 Å². The van der Waals surface area contributed by atoms with Gasteiger partial charge in [0.25, 0.3) is 0 Å². The lowest BCUT2D eigenvalue weighted by Crippen LogP contribution is -2.24. The van der Waals surface area contributed by atoms with Crippen molar-refractivity contribution in [1.29, 1.82) is 0 Å². The number of rotatable bonds is 3. The number of nitrogen functional groups attached to an aromatic ring is 1. The third-order valence-corrected chi connectivity index (χ3v) is 4.61. The molecule has 0 saturated heterocycles. The molecule has 0 radical (unpaired) electrons. The van der Waals surface area contributed by atoms with Crippen LogP contribution in [0.3, 0.4) is 0 Å². The van der Waals surface area contributed by atoms with Gasteiger partial charge in [-0.1, -0.05) is 26.2 Å². The zero-order chi connectivity index (χ0) is 13.9. The molecule has 20 heavy (non-hydrogen) atoms. The van der Waals surface area contributed by atoms with Crippen LogP contribution in [0.4, 0.5) is 11.4 Å². The van der Waals surface area contributed by atoms with E-state index in [4.69, 9.17) is 5.73 Å². The molecule has 1 saturated carbocycles. The maximum atomic E-state index is 5.82. The Balaban J connectivity index is 1.77. The third-order valence-electron chi connectivity index (χ3n) is 4.61. The van der Waals surface area contributed by atoms with Crippen molar-refractivity contribution in [3.05, 3.63) is 30.5 Å². The number of benzene rings is 1. The summed E-state index contributed by atoms with van der Waals surface area (Å²) in [5.41, 5.74) is 8.73. The molecule has 1 fully saturated rings. The van der Waals surface area contributed by atoms with Crippen molar-refractivity contribution >= 4 is 22.3 Å². The Bertz CT molecular complexity index is 594. The summed E-state index contributed by atoms with van der Waals surface area (Å²) in [5, 5.41) is 4.78. The summed E-state index contributed by atoms with van der Waals surface area (Å²) in [6.07, 6.45) is 7.36. The second kappa shape index (κ2) is 5.70. The minimum atomic E-state index is 0.767. The first-order chi connectivity index (χ1) is 9.74. The van der Waals surface area contributed by atoms with Crippen molar-refractivity contribution in [1.82, 2.24) is 4.98 Å². The number of hydrogen-bond acceptors (Lipinski definition) is 3. The predicted octanol–water partition coefficient (Wildman–Crippen LogP) is 4.06. The Hall–Kier alpha value is -1.77. The molecule has 3 rings (SSSR count). The molecule has 2 unspecified atom stereocenters. The average molecular weight is 269 g/mol. The number of fused-ring (bicyclic) bond motifs is 1. The fourth-order valence-corrected chi connectivity index (χ4v) is 3.26. The highest BCUT2D eigenvalue weighted by molar-refractivity contribution is 5.92. The molecule has 0 aliphatic heterocycles. The second-order valence-corrected chi connectivity index (χ2v) is 6.04. The molecule has 3 heteroatoms. The fraction of sp³-hybridized carbons (Fsp3) is 0.471. The number of hydrogen-bond donors (Lipinski definition) is 2. The van der Waals surface area contributed by atoms with Crippen LogP contribution in [0.5, 0.6) is 0 Å². The van der Waals surface area contributed by atoms with E-state index in [0.717, 1.165) is 35.0 Å². The van der Waals surface area contributed by atoms with E-state index in [1.54, 1.807) is 0 Å². The average Bonchev–Trinajstić information content (AvgIpc) is 2.46. The van der Waals surface area contributed by atoms with E-state index in [1.807, 2.05) is 18.3 Å². The molecule has 1 aromatic carbocycles. The van der Waals surface area contributed by atoms with Crippen LogP contribution in [0.25, 0.3) is 10.9 Å². The van der Waals surface area contributed by atoms with Gasteiger partial charge in [0, 0.05) is 29.5 Å². The first-order valence-electron chi connectivity index (χ1n) is 7.62. The van der Waals surface area contributed by atoms with Crippen molar-refractivity contribution < 1.29 is 0 Å². The van der Waals surface area contributed by atoms with Crippen LogP contribution in [0.2, 0.25) is 0 Å². The normalized spacial score (nSPS) is 22.9. The first kappa shape index (κ1) is 13.2. The van der Waals surface area contributed by atoms with Gasteiger partial charge < -0.3 is 11.1 Å². The SMILES string of the molecule is CC1CCCCC1CNc1ccnc2cc(N)ccc12. The van der Waals surface area contributed by atoms with Crippen LogP contribution in [-0.2, 0) is 0 Å². The van der Waals surface area contributed by atoms with E-state index < -0.39 is 0 Å². The molecule has 1 aromatic heterocycles. The molecule has 2 atom stereocenters. The number of nitrogens with zero attached hydrogens (tertiary/aromatic N) is 1. The Kier molecular flexibility index (Phi) is 3.77. The first-order valence-corrected chi connectivity index (χ1v) is 7.62. The number of aromatic nitrogens is 1. The zero-order valence-corrected chi connectivity index (χ0v) is 12.1. The molecular formula is C17H23N3. The van der Waals surface area contributed by atoms with Gasteiger partial charge >= 0.3 is 0 Å². The summed E-state index contributed by atoms with van der Waals surface area (Å²) < 4.78 is 0. The summed E-state index contributed by atoms with van der Waals surface area (Å²) in [6, 6.07) is 8.00. The van der Waals surface area contributed by atoms with Crippen molar-refractivity contribution in [2.24, 2.45) is 11.8 Å². The van der Waals surface area contributed by atoms with Crippen LogP contribution >= 0.6 is 0 Å². The minimum Gasteiger partial charge on any atom is -0.399 e. The Morgan fingerprint density at radius 2 is 2.10 bits per heavy atom. The van der Waals surface area contributed by atoms with Crippen molar-refractivity contribution in [2.75, 3.05) is 17.6 Å². The van der Waals surface area contributed by atoms with Gasteiger partial charge in [0.15, 0.2) is 0 Å². The molecule has 0 spiro atoms. The van der Waals surface area contributed by atoms with Gasteiger partial charge in [-0.05, 0) is 42.5 Å². The molecule has 3 nitrogen and oxygen atoms in total. The van der Waals surface area contributed by atoms with Crippen LogP contribution in [0, 0.1) is 11.8 Å². The lowest BCUT2D eigenvalue weighted by molar-refractivity contribution is 0.269. The Labute approximate surface area is 120 Å². The zero-order valence-electron chi connectivity index (χ0n) is 12.1. The lowest BCUT2D eigenvalue weighted by atomic mass is 9.80.